The van der Waals surface area contributed by atoms with E-state index in [9.17, 15) is 8.42 Å². The van der Waals surface area contributed by atoms with Crippen LogP contribution in [0.2, 0.25) is 5.02 Å². The van der Waals surface area contributed by atoms with Gasteiger partial charge >= 0.3 is 0 Å². The smallest absolute Gasteiger partial charge is 0.199 e. The van der Waals surface area contributed by atoms with E-state index in [4.69, 9.17) is 11.6 Å². The molecule has 0 amide bonds. The molecular formula is C14H11ClN4O2S. The number of imidazole rings is 1. The average molecular weight is 335 g/mol. The van der Waals surface area contributed by atoms with Crippen LogP contribution in [-0.4, -0.2) is 27.9 Å². The fraction of sp³-hybridized carbons (Fsp3) is 0.0714. The molecule has 0 saturated heterocycles. The summed E-state index contributed by atoms with van der Waals surface area (Å²) in [5.74, 6) is 0.255. The predicted molar refractivity (Wildman–Crippen MR) is 81.5 cm³/mol. The molecule has 6 nitrogen and oxygen atoms in total. The van der Waals surface area contributed by atoms with Crippen LogP contribution in [0, 0.1) is 0 Å². The second-order valence-corrected chi connectivity index (χ2v) is 6.92. The summed E-state index contributed by atoms with van der Waals surface area (Å²) in [4.78, 5) is 11.9. The van der Waals surface area contributed by atoms with Crippen molar-refractivity contribution in [3.8, 4) is 5.82 Å². The van der Waals surface area contributed by atoms with E-state index >= 15 is 0 Å². The largest absolute Gasteiger partial charge is 0.272 e. The minimum atomic E-state index is -3.57. The van der Waals surface area contributed by atoms with Gasteiger partial charge in [-0.05, 0) is 17.7 Å². The molecule has 0 fully saturated rings. The molecule has 0 aliphatic heterocycles. The molecule has 8 heteroatoms. The minimum Gasteiger partial charge on any atom is -0.272 e. The molecule has 0 N–H and O–H groups in total. The minimum absolute atomic E-state index is 0.0722. The zero-order valence-corrected chi connectivity index (χ0v) is 12.9. The van der Waals surface area contributed by atoms with E-state index in [1.807, 2.05) is 0 Å². The number of hydrogen-bond donors (Lipinski definition) is 0. The molecule has 2 aromatic heterocycles. The maximum Gasteiger partial charge on any atom is 0.199 e. The number of halogens is 1. The normalized spacial score (nSPS) is 11.5. The van der Waals surface area contributed by atoms with Crippen LogP contribution in [0.15, 0.2) is 60.4 Å². The van der Waals surface area contributed by atoms with Crippen molar-refractivity contribution in [2.45, 2.75) is 10.8 Å². The van der Waals surface area contributed by atoms with Gasteiger partial charge < -0.3 is 0 Å². The van der Waals surface area contributed by atoms with Crippen LogP contribution in [0.25, 0.3) is 5.82 Å². The monoisotopic (exact) mass is 334 g/mol. The average Bonchev–Trinajstić information content (AvgIpc) is 3.01. The van der Waals surface area contributed by atoms with Crippen molar-refractivity contribution in [1.29, 1.82) is 0 Å². The van der Waals surface area contributed by atoms with Crippen LogP contribution < -0.4 is 0 Å². The Morgan fingerprint density at radius 3 is 2.50 bits per heavy atom. The second-order valence-electron chi connectivity index (χ2n) is 4.55. The standard InChI is InChI=1S/C14H11ClN4O2S/c15-12-3-1-11(2-4-12)9-22(20,21)14-8-17-10-19(14)13-7-16-5-6-18-13/h1-8,10H,9H2. The van der Waals surface area contributed by atoms with Crippen LogP contribution in [0.5, 0.6) is 0 Å². The molecule has 0 atom stereocenters. The molecule has 3 rings (SSSR count). The maximum atomic E-state index is 12.6. The van der Waals surface area contributed by atoms with Gasteiger partial charge in [-0.25, -0.2) is 18.4 Å². The molecule has 3 aromatic rings. The van der Waals surface area contributed by atoms with Gasteiger partial charge in [-0.3, -0.25) is 9.55 Å². The summed E-state index contributed by atoms with van der Waals surface area (Å²) >= 11 is 5.81. The topological polar surface area (TPSA) is 77.7 Å². The van der Waals surface area contributed by atoms with Gasteiger partial charge in [0.05, 0.1) is 18.1 Å². The first-order chi connectivity index (χ1) is 10.6. The summed E-state index contributed by atoms with van der Waals surface area (Å²) in [7, 11) is -3.57. The van der Waals surface area contributed by atoms with E-state index in [1.165, 1.54) is 35.7 Å². The van der Waals surface area contributed by atoms with Gasteiger partial charge in [0.25, 0.3) is 0 Å². The molecule has 0 bridgehead atoms. The number of rotatable bonds is 4. The molecule has 0 aliphatic carbocycles. The van der Waals surface area contributed by atoms with Crippen LogP contribution in [0.4, 0.5) is 0 Å². The number of benzene rings is 1. The lowest BCUT2D eigenvalue weighted by Crippen LogP contribution is -2.11. The third-order valence-corrected chi connectivity index (χ3v) is 4.89. The van der Waals surface area contributed by atoms with Crippen LogP contribution in [0.1, 0.15) is 5.56 Å². The highest BCUT2D eigenvalue weighted by molar-refractivity contribution is 7.90. The van der Waals surface area contributed by atoms with Gasteiger partial charge in [-0.15, -0.1) is 0 Å². The van der Waals surface area contributed by atoms with Gasteiger partial charge in [0.2, 0.25) is 0 Å². The van der Waals surface area contributed by atoms with E-state index in [0.717, 1.165) is 0 Å². The van der Waals surface area contributed by atoms with Crippen LogP contribution in [0.3, 0.4) is 0 Å². The molecule has 22 heavy (non-hydrogen) atoms. The third kappa shape index (κ3) is 3.00. The lowest BCUT2D eigenvalue weighted by atomic mass is 10.2. The summed E-state index contributed by atoms with van der Waals surface area (Å²) in [5.41, 5.74) is 0.649. The summed E-state index contributed by atoms with van der Waals surface area (Å²) in [6.45, 7) is 0. The van der Waals surface area contributed by atoms with E-state index < -0.39 is 9.84 Å². The summed E-state index contributed by atoms with van der Waals surface area (Å²) in [6.07, 6.45) is 7.19. The highest BCUT2D eigenvalue weighted by atomic mass is 35.5. The number of hydrogen-bond acceptors (Lipinski definition) is 5. The Labute approximate surface area is 132 Å². The van der Waals surface area contributed by atoms with Crippen LogP contribution >= 0.6 is 11.6 Å². The van der Waals surface area contributed by atoms with Crippen molar-refractivity contribution < 1.29 is 8.42 Å². The highest BCUT2D eigenvalue weighted by Gasteiger charge is 2.21. The molecule has 0 saturated carbocycles. The van der Waals surface area contributed by atoms with Crippen molar-refractivity contribution >= 4 is 21.4 Å². The van der Waals surface area contributed by atoms with Gasteiger partial charge in [0, 0.05) is 17.4 Å². The van der Waals surface area contributed by atoms with Crippen molar-refractivity contribution in [3.63, 3.8) is 0 Å². The first-order valence-electron chi connectivity index (χ1n) is 6.32. The Balaban J connectivity index is 1.97. The van der Waals surface area contributed by atoms with E-state index in [-0.39, 0.29) is 10.8 Å². The first-order valence-corrected chi connectivity index (χ1v) is 8.35. The number of aromatic nitrogens is 4. The highest BCUT2D eigenvalue weighted by Crippen LogP contribution is 2.19. The molecule has 0 spiro atoms. The van der Waals surface area contributed by atoms with Gasteiger partial charge in [-0.1, -0.05) is 23.7 Å². The van der Waals surface area contributed by atoms with E-state index in [2.05, 4.69) is 15.0 Å². The summed E-state index contributed by atoms with van der Waals surface area (Å²) in [5, 5.41) is 0.633. The molecular weight excluding hydrogens is 324 g/mol. The zero-order chi connectivity index (χ0) is 15.6. The zero-order valence-electron chi connectivity index (χ0n) is 11.3. The predicted octanol–water partition coefficient (Wildman–Crippen LogP) is 2.29. The Bertz CT molecular complexity index is 877. The quantitative estimate of drug-likeness (QED) is 0.731. The molecule has 2 heterocycles. The van der Waals surface area contributed by atoms with Gasteiger partial charge in [0.15, 0.2) is 20.7 Å². The summed E-state index contributed by atoms with van der Waals surface area (Å²) in [6, 6.07) is 6.69. The first kappa shape index (κ1) is 14.7. The fourth-order valence-electron chi connectivity index (χ4n) is 1.97. The van der Waals surface area contributed by atoms with Crippen LogP contribution in [-0.2, 0) is 15.6 Å². The molecule has 0 radical (unpaired) electrons. The van der Waals surface area contributed by atoms with Crippen molar-refractivity contribution in [1.82, 2.24) is 19.5 Å². The Morgan fingerprint density at radius 1 is 1.05 bits per heavy atom. The van der Waals surface area contributed by atoms with E-state index in [1.54, 1.807) is 24.3 Å². The Hall–Kier alpha value is -2.25. The molecule has 112 valence electrons. The Kier molecular flexibility index (Phi) is 3.91. The molecule has 0 unspecified atom stereocenters. The number of sulfone groups is 1. The van der Waals surface area contributed by atoms with Crippen molar-refractivity contribution in [2.24, 2.45) is 0 Å². The van der Waals surface area contributed by atoms with E-state index in [0.29, 0.717) is 16.4 Å². The maximum absolute atomic E-state index is 12.6. The Morgan fingerprint density at radius 2 is 1.82 bits per heavy atom. The van der Waals surface area contributed by atoms with Gasteiger partial charge in [-0.2, -0.15) is 0 Å². The molecule has 0 aliphatic rings. The fourth-order valence-corrected chi connectivity index (χ4v) is 3.54. The SMILES string of the molecule is O=S(=O)(Cc1ccc(Cl)cc1)c1cncn1-c1cnccn1. The summed E-state index contributed by atoms with van der Waals surface area (Å²) < 4.78 is 26.6. The van der Waals surface area contributed by atoms with Gasteiger partial charge in [0.1, 0.15) is 6.33 Å². The lowest BCUT2D eigenvalue weighted by Gasteiger charge is -2.08. The van der Waals surface area contributed by atoms with Crippen molar-refractivity contribution in [2.75, 3.05) is 0 Å². The second kappa shape index (κ2) is 5.86. The molecule has 1 aromatic carbocycles. The number of nitrogens with zero attached hydrogens (tertiary/aromatic N) is 4. The third-order valence-electron chi connectivity index (χ3n) is 2.99. The van der Waals surface area contributed by atoms with Crippen molar-refractivity contribution in [3.05, 3.63) is 66.0 Å². The lowest BCUT2D eigenvalue weighted by molar-refractivity contribution is 0.588.